The average molecular weight is 360 g/mol. The fraction of sp³-hybridized carbons (Fsp3) is 0.700. The number of aliphatic hydroxyl groups is 2. The molecule has 0 aromatic heterocycles. The van der Waals surface area contributed by atoms with Crippen molar-refractivity contribution in [2.75, 3.05) is 7.11 Å². The summed E-state index contributed by atoms with van der Waals surface area (Å²) in [5.74, 6) is -2.08. The number of methoxy groups -OCH3 is 1. The summed E-state index contributed by atoms with van der Waals surface area (Å²) in [7, 11) is 1.35. The predicted octanol–water partition coefficient (Wildman–Crippen LogP) is 1.12. The van der Waals surface area contributed by atoms with E-state index in [9.17, 15) is 19.8 Å². The normalized spacial score (nSPS) is 56.2. The zero-order valence-corrected chi connectivity index (χ0v) is 15.0. The van der Waals surface area contributed by atoms with Crippen molar-refractivity contribution in [3.63, 3.8) is 0 Å². The van der Waals surface area contributed by atoms with Crippen LogP contribution in [0.1, 0.15) is 32.6 Å². The molecule has 4 fully saturated rings. The van der Waals surface area contributed by atoms with E-state index in [1.54, 1.807) is 19.1 Å². The first-order valence-electron chi connectivity index (χ1n) is 9.25. The van der Waals surface area contributed by atoms with E-state index in [0.717, 1.165) is 5.57 Å². The monoisotopic (exact) mass is 360 g/mol. The molecule has 0 aromatic carbocycles. The summed E-state index contributed by atoms with van der Waals surface area (Å²) in [6.45, 7) is 5.78. The molecule has 1 aliphatic heterocycles. The molecular formula is C20H24O6. The first-order chi connectivity index (χ1) is 12.2. The second-order valence-corrected chi connectivity index (χ2v) is 9.12. The van der Waals surface area contributed by atoms with Crippen molar-refractivity contribution >= 4 is 11.9 Å². The van der Waals surface area contributed by atoms with Crippen molar-refractivity contribution in [2.45, 2.75) is 49.9 Å². The van der Waals surface area contributed by atoms with Crippen LogP contribution in [0.15, 0.2) is 24.3 Å². The van der Waals surface area contributed by atoms with Gasteiger partial charge in [-0.1, -0.05) is 12.7 Å². The summed E-state index contributed by atoms with van der Waals surface area (Å²) in [5, 5.41) is 21.7. The summed E-state index contributed by atoms with van der Waals surface area (Å²) in [6, 6.07) is 0. The standard InChI is InChI=1S/C20H24O6/c1-10-8-18-9-19(10,24)6-4-11(18)20-7-5-12(21)17(2,16(23)26-20)14(20)13(18)15(22)25-3/h5,7,11-14,21,24H,1,4,6,8-9H2,2-3H3/t11-,12-,13-,14-,17-,18+,19+,20-/m1/s1. The van der Waals surface area contributed by atoms with Crippen LogP contribution in [0.25, 0.3) is 0 Å². The van der Waals surface area contributed by atoms with Crippen molar-refractivity contribution in [1.82, 2.24) is 0 Å². The van der Waals surface area contributed by atoms with E-state index in [-0.39, 0.29) is 5.92 Å². The summed E-state index contributed by atoms with van der Waals surface area (Å²) < 4.78 is 11.1. The van der Waals surface area contributed by atoms with E-state index >= 15 is 0 Å². The lowest BCUT2D eigenvalue weighted by molar-refractivity contribution is -0.164. The number of carbonyl (C=O) groups excluding carboxylic acids is 2. The van der Waals surface area contributed by atoms with E-state index in [1.165, 1.54) is 7.11 Å². The van der Waals surface area contributed by atoms with Gasteiger partial charge in [0.2, 0.25) is 0 Å². The van der Waals surface area contributed by atoms with E-state index in [0.29, 0.717) is 25.7 Å². The highest BCUT2D eigenvalue weighted by Gasteiger charge is 2.83. The molecule has 0 amide bonds. The maximum Gasteiger partial charge on any atom is 0.316 e. The van der Waals surface area contributed by atoms with Gasteiger partial charge in [-0.05, 0) is 49.7 Å². The lowest BCUT2D eigenvalue weighted by atomic mass is 9.61. The van der Waals surface area contributed by atoms with Crippen LogP contribution in [0, 0.1) is 28.6 Å². The van der Waals surface area contributed by atoms with Gasteiger partial charge < -0.3 is 19.7 Å². The van der Waals surface area contributed by atoms with Gasteiger partial charge >= 0.3 is 11.9 Å². The van der Waals surface area contributed by atoms with E-state index in [1.807, 2.05) is 0 Å². The molecule has 0 aromatic rings. The number of fused-ring (bicyclic) bond motifs is 1. The van der Waals surface area contributed by atoms with E-state index < -0.39 is 51.9 Å². The zero-order chi connectivity index (χ0) is 18.7. The molecule has 1 saturated heterocycles. The molecule has 4 bridgehead atoms. The minimum Gasteiger partial charge on any atom is -0.469 e. The van der Waals surface area contributed by atoms with Gasteiger partial charge in [0, 0.05) is 11.8 Å². The average Bonchev–Trinajstić information content (AvgIpc) is 3.02. The molecule has 26 heavy (non-hydrogen) atoms. The summed E-state index contributed by atoms with van der Waals surface area (Å²) >= 11 is 0. The van der Waals surface area contributed by atoms with Gasteiger partial charge in [-0.15, -0.1) is 0 Å². The first-order valence-corrected chi connectivity index (χ1v) is 9.25. The van der Waals surface area contributed by atoms with E-state index in [4.69, 9.17) is 9.47 Å². The Bertz CT molecular complexity index is 787. The van der Waals surface area contributed by atoms with Crippen LogP contribution >= 0.6 is 0 Å². The highest BCUT2D eigenvalue weighted by molar-refractivity contribution is 5.87. The Morgan fingerprint density at radius 1 is 1.46 bits per heavy atom. The fourth-order valence-corrected chi connectivity index (χ4v) is 7.24. The number of hydrogen-bond acceptors (Lipinski definition) is 6. The number of hydrogen-bond donors (Lipinski definition) is 2. The lowest BCUT2D eigenvalue weighted by Crippen LogP contribution is -2.50. The molecule has 0 unspecified atom stereocenters. The number of rotatable bonds is 1. The number of aliphatic hydroxyl groups excluding tert-OH is 1. The van der Waals surface area contributed by atoms with Crippen LogP contribution < -0.4 is 0 Å². The van der Waals surface area contributed by atoms with Crippen LogP contribution in [0.3, 0.4) is 0 Å². The largest absolute Gasteiger partial charge is 0.469 e. The van der Waals surface area contributed by atoms with Gasteiger partial charge in [0.25, 0.3) is 0 Å². The number of esters is 2. The van der Waals surface area contributed by atoms with Crippen LogP contribution in [-0.2, 0) is 19.1 Å². The Morgan fingerprint density at radius 3 is 2.88 bits per heavy atom. The maximum atomic E-state index is 13.0. The molecule has 1 spiro atoms. The van der Waals surface area contributed by atoms with Crippen LogP contribution in [0.4, 0.5) is 0 Å². The highest BCUT2D eigenvalue weighted by Crippen LogP contribution is 2.77. The SMILES string of the molecule is C=C1C[C@]23C[C@@]1(O)CC[C@H]2[C@@]12C=C[C@@H](O)[C@@](C)(C(=O)O1)[C@H]2[C@@H]3C(=O)OC. The highest BCUT2D eigenvalue weighted by atomic mass is 16.6. The molecule has 3 saturated carbocycles. The fourth-order valence-electron chi connectivity index (χ4n) is 7.24. The third-order valence-electron chi connectivity index (χ3n) is 8.31. The Balaban J connectivity index is 1.78. The quantitative estimate of drug-likeness (QED) is 0.538. The van der Waals surface area contributed by atoms with Gasteiger partial charge in [0.15, 0.2) is 0 Å². The van der Waals surface area contributed by atoms with Crippen LogP contribution in [0.5, 0.6) is 0 Å². The van der Waals surface area contributed by atoms with Crippen molar-refractivity contribution < 1.29 is 29.3 Å². The van der Waals surface area contributed by atoms with Crippen molar-refractivity contribution in [3.05, 3.63) is 24.3 Å². The Morgan fingerprint density at radius 2 is 2.19 bits per heavy atom. The Kier molecular flexibility index (Phi) is 2.81. The summed E-state index contributed by atoms with van der Waals surface area (Å²) in [4.78, 5) is 25.8. The molecular weight excluding hydrogens is 336 g/mol. The minimum absolute atomic E-state index is 0.0989. The molecule has 0 radical (unpaired) electrons. The molecule has 4 aliphatic carbocycles. The van der Waals surface area contributed by atoms with Gasteiger partial charge in [-0.3, -0.25) is 9.59 Å². The lowest BCUT2D eigenvalue weighted by Gasteiger charge is -2.44. The van der Waals surface area contributed by atoms with Crippen molar-refractivity contribution in [1.29, 1.82) is 0 Å². The Labute approximate surface area is 151 Å². The van der Waals surface area contributed by atoms with Gasteiger partial charge in [-0.25, -0.2) is 0 Å². The van der Waals surface area contributed by atoms with Crippen LogP contribution in [0.2, 0.25) is 0 Å². The summed E-state index contributed by atoms with van der Waals surface area (Å²) in [6.07, 6.45) is 4.56. The molecule has 6 heteroatoms. The number of ether oxygens (including phenoxy) is 2. The molecule has 2 N–H and O–H groups in total. The van der Waals surface area contributed by atoms with Crippen molar-refractivity contribution in [3.8, 4) is 0 Å². The van der Waals surface area contributed by atoms with E-state index in [2.05, 4.69) is 6.58 Å². The smallest absolute Gasteiger partial charge is 0.316 e. The first kappa shape index (κ1) is 16.5. The zero-order valence-electron chi connectivity index (χ0n) is 15.0. The van der Waals surface area contributed by atoms with Gasteiger partial charge in [-0.2, -0.15) is 0 Å². The molecule has 8 atom stereocenters. The van der Waals surface area contributed by atoms with Crippen LogP contribution in [-0.4, -0.2) is 46.6 Å². The molecule has 6 nitrogen and oxygen atoms in total. The maximum absolute atomic E-state index is 13.0. The Hall–Kier alpha value is -1.66. The molecule has 140 valence electrons. The second-order valence-electron chi connectivity index (χ2n) is 9.12. The molecule has 5 aliphatic rings. The third-order valence-corrected chi connectivity index (χ3v) is 8.31. The topological polar surface area (TPSA) is 93.1 Å². The second kappa shape index (κ2) is 4.42. The van der Waals surface area contributed by atoms with Crippen molar-refractivity contribution in [2.24, 2.45) is 28.6 Å². The number of carbonyl (C=O) groups is 2. The minimum atomic E-state index is -1.19. The van der Waals surface area contributed by atoms with Gasteiger partial charge in [0.1, 0.15) is 11.0 Å². The molecule has 1 heterocycles. The van der Waals surface area contributed by atoms with Gasteiger partial charge in [0.05, 0.1) is 24.7 Å². The molecule has 5 rings (SSSR count). The summed E-state index contributed by atoms with van der Waals surface area (Å²) in [5.41, 5.74) is -2.89. The predicted molar refractivity (Wildman–Crippen MR) is 89.6 cm³/mol. The third kappa shape index (κ3) is 1.43.